The Morgan fingerprint density at radius 2 is 1.74 bits per heavy atom. The number of imide groups is 1. The van der Waals surface area contributed by atoms with Gasteiger partial charge in [-0.1, -0.05) is 12.5 Å². The zero-order valence-electron chi connectivity index (χ0n) is 18.0. The molecule has 0 saturated carbocycles. The molecule has 4 amide bonds. The van der Waals surface area contributed by atoms with Gasteiger partial charge < -0.3 is 15.5 Å². The molecular weight excluding hydrogens is 396 g/mol. The van der Waals surface area contributed by atoms with Crippen LogP contribution in [0.5, 0.6) is 0 Å². The molecule has 1 aromatic carbocycles. The summed E-state index contributed by atoms with van der Waals surface area (Å²) in [5.74, 6) is -0.408. The number of hydrogen-bond donors (Lipinski definition) is 3. The van der Waals surface area contributed by atoms with E-state index in [1.165, 1.54) is 6.42 Å². The number of carbonyl (C=O) groups is 4. The zero-order chi connectivity index (χ0) is 22.1. The van der Waals surface area contributed by atoms with Crippen molar-refractivity contribution in [3.63, 3.8) is 0 Å². The van der Waals surface area contributed by atoms with E-state index in [0.29, 0.717) is 37.1 Å². The van der Waals surface area contributed by atoms with E-state index in [-0.39, 0.29) is 23.6 Å². The van der Waals surface area contributed by atoms with Crippen LogP contribution in [0.25, 0.3) is 0 Å². The van der Waals surface area contributed by atoms with Crippen LogP contribution in [0.4, 0.5) is 11.4 Å². The lowest BCUT2D eigenvalue weighted by Gasteiger charge is -2.26. The number of unbranched alkanes of at least 4 members (excludes halogenated alkanes) is 2. The third-order valence-corrected chi connectivity index (χ3v) is 5.73. The Labute approximate surface area is 183 Å². The molecule has 2 fully saturated rings. The Morgan fingerprint density at radius 3 is 2.52 bits per heavy atom. The first-order valence-corrected chi connectivity index (χ1v) is 11.3. The van der Waals surface area contributed by atoms with Crippen molar-refractivity contribution in [1.82, 2.24) is 10.2 Å². The molecule has 3 N–H and O–H groups in total. The molecular formula is C23H32N4O4. The van der Waals surface area contributed by atoms with Gasteiger partial charge in [-0.05, 0) is 56.7 Å². The molecule has 1 unspecified atom stereocenters. The average Bonchev–Trinajstić information content (AvgIpc) is 2.76. The SMILES string of the molecule is O=C1CCC(Nc2cccc(NC(=O)CCCCCC(=O)N3CCCCC3)c2)C(=O)N1. The quantitative estimate of drug-likeness (QED) is 0.414. The molecule has 8 nitrogen and oxygen atoms in total. The highest BCUT2D eigenvalue weighted by molar-refractivity contribution is 6.01. The fourth-order valence-corrected chi connectivity index (χ4v) is 3.98. The first-order chi connectivity index (χ1) is 15.0. The monoisotopic (exact) mass is 428 g/mol. The van der Waals surface area contributed by atoms with E-state index in [2.05, 4.69) is 16.0 Å². The fraction of sp³-hybridized carbons (Fsp3) is 0.565. The van der Waals surface area contributed by atoms with Crippen molar-refractivity contribution in [3.05, 3.63) is 24.3 Å². The molecule has 2 aliphatic rings. The van der Waals surface area contributed by atoms with Gasteiger partial charge in [0.2, 0.25) is 23.6 Å². The van der Waals surface area contributed by atoms with Crippen molar-refractivity contribution in [3.8, 4) is 0 Å². The second kappa shape index (κ2) is 11.5. The predicted molar refractivity (Wildman–Crippen MR) is 118 cm³/mol. The van der Waals surface area contributed by atoms with Crippen molar-refractivity contribution in [2.24, 2.45) is 0 Å². The average molecular weight is 429 g/mol. The lowest BCUT2D eigenvalue weighted by atomic mass is 10.1. The highest BCUT2D eigenvalue weighted by atomic mass is 16.2. The lowest BCUT2D eigenvalue weighted by molar-refractivity contribution is -0.134. The molecule has 2 heterocycles. The van der Waals surface area contributed by atoms with E-state index >= 15 is 0 Å². The van der Waals surface area contributed by atoms with Crippen LogP contribution in [0, 0.1) is 0 Å². The third kappa shape index (κ3) is 7.38. The van der Waals surface area contributed by atoms with E-state index in [1.807, 2.05) is 11.0 Å². The Bertz CT molecular complexity index is 805. The van der Waals surface area contributed by atoms with Crippen LogP contribution in [0.3, 0.4) is 0 Å². The minimum absolute atomic E-state index is 0.0690. The van der Waals surface area contributed by atoms with Crippen LogP contribution < -0.4 is 16.0 Å². The number of piperidine rings is 2. The molecule has 3 rings (SSSR count). The van der Waals surface area contributed by atoms with Gasteiger partial charge >= 0.3 is 0 Å². The number of anilines is 2. The van der Waals surface area contributed by atoms with Crippen molar-refractivity contribution < 1.29 is 19.2 Å². The van der Waals surface area contributed by atoms with Gasteiger partial charge in [0.15, 0.2) is 0 Å². The molecule has 0 aliphatic carbocycles. The summed E-state index contributed by atoms with van der Waals surface area (Å²) < 4.78 is 0. The number of carbonyl (C=O) groups excluding carboxylic acids is 4. The second-order valence-electron chi connectivity index (χ2n) is 8.28. The van der Waals surface area contributed by atoms with Gasteiger partial charge in [0.1, 0.15) is 6.04 Å². The van der Waals surface area contributed by atoms with Gasteiger partial charge in [0.25, 0.3) is 0 Å². The number of hydrogen-bond acceptors (Lipinski definition) is 5. The maximum atomic E-state index is 12.2. The highest BCUT2D eigenvalue weighted by Gasteiger charge is 2.26. The molecule has 1 aromatic rings. The van der Waals surface area contributed by atoms with Crippen LogP contribution in [-0.4, -0.2) is 47.7 Å². The summed E-state index contributed by atoms with van der Waals surface area (Å²) >= 11 is 0. The number of amides is 4. The summed E-state index contributed by atoms with van der Waals surface area (Å²) in [5.41, 5.74) is 1.37. The van der Waals surface area contributed by atoms with Crippen LogP contribution in [0.1, 0.15) is 64.2 Å². The first-order valence-electron chi connectivity index (χ1n) is 11.3. The van der Waals surface area contributed by atoms with E-state index in [0.717, 1.165) is 45.2 Å². The molecule has 0 spiro atoms. The standard InChI is InChI=1S/C23H32N4O4/c28-20(10-3-1-4-11-22(30)27-14-5-2-6-15-27)25-18-9-7-8-17(16-18)24-19-12-13-21(29)26-23(19)31/h7-9,16,19,24H,1-6,10-15H2,(H,25,28)(H,26,29,31). The van der Waals surface area contributed by atoms with Crippen molar-refractivity contribution in [2.75, 3.05) is 23.7 Å². The third-order valence-electron chi connectivity index (χ3n) is 5.73. The maximum absolute atomic E-state index is 12.2. The topological polar surface area (TPSA) is 108 Å². The van der Waals surface area contributed by atoms with E-state index < -0.39 is 6.04 Å². The Hall–Kier alpha value is -2.90. The Kier molecular flexibility index (Phi) is 8.44. The summed E-state index contributed by atoms with van der Waals surface area (Å²) in [4.78, 5) is 49.5. The first kappa shape index (κ1) is 22.8. The van der Waals surface area contributed by atoms with Gasteiger partial charge in [-0.2, -0.15) is 0 Å². The number of nitrogens with one attached hydrogen (secondary N) is 3. The number of likely N-dealkylation sites (tertiary alicyclic amines) is 1. The Balaban J connectivity index is 1.34. The minimum Gasteiger partial charge on any atom is -0.374 e. The number of rotatable bonds is 9. The molecule has 31 heavy (non-hydrogen) atoms. The van der Waals surface area contributed by atoms with Crippen LogP contribution >= 0.6 is 0 Å². The van der Waals surface area contributed by atoms with Gasteiger partial charge in [0, 0.05) is 43.7 Å². The van der Waals surface area contributed by atoms with Gasteiger partial charge in [-0.25, -0.2) is 0 Å². The fourth-order valence-electron chi connectivity index (χ4n) is 3.98. The Morgan fingerprint density at radius 1 is 1.00 bits per heavy atom. The van der Waals surface area contributed by atoms with E-state index in [4.69, 9.17) is 0 Å². The second-order valence-corrected chi connectivity index (χ2v) is 8.28. The lowest BCUT2D eigenvalue weighted by Crippen LogP contribution is -2.47. The summed E-state index contributed by atoms with van der Waals surface area (Å²) in [6, 6.07) is 6.73. The molecule has 0 radical (unpaired) electrons. The van der Waals surface area contributed by atoms with E-state index in [9.17, 15) is 19.2 Å². The largest absolute Gasteiger partial charge is 0.374 e. The molecule has 2 saturated heterocycles. The van der Waals surface area contributed by atoms with Gasteiger partial charge in [-0.15, -0.1) is 0 Å². The molecule has 0 aromatic heterocycles. The highest BCUT2D eigenvalue weighted by Crippen LogP contribution is 2.19. The molecule has 1 atom stereocenters. The van der Waals surface area contributed by atoms with Crippen molar-refractivity contribution in [2.45, 2.75) is 70.3 Å². The number of benzene rings is 1. The summed E-state index contributed by atoms with van der Waals surface area (Å²) in [5, 5.41) is 8.31. The normalized spacial score (nSPS) is 19.0. The van der Waals surface area contributed by atoms with Crippen LogP contribution in [-0.2, 0) is 19.2 Å². The predicted octanol–water partition coefficient (Wildman–Crippen LogP) is 2.81. The summed E-state index contributed by atoms with van der Waals surface area (Å²) in [6.07, 6.45) is 7.57. The molecule has 0 bridgehead atoms. The molecule has 168 valence electrons. The summed E-state index contributed by atoms with van der Waals surface area (Å²) in [7, 11) is 0. The molecule has 8 heteroatoms. The van der Waals surface area contributed by atoms with E-state index in [1.54, 1.807) is 18.2 Å². The van der Waals surface area contributed by atoms with Crippen LogP contribution in [0.2, 0.25) is 0 Å². The maximum Gasteiger partial charge on any atom is 0.249 e. The molecule has 2 aliphatic heterocycles. The minimum atomic E-state index is -0.462. The van der Waals surface area contributed by atoms with Crippen molar-refractivity contribution in [1.29, 1.82) is 0 Å². The van der Waals surface area contributed by atoms with Gasteiger partial charge in [-0.3, -0.25) is 24.5 Å². The van der Waals surface area contributed by atoms with Crippen molar-refractivity contribution >= 4 is 35.0 Å². The van der Waals surface area contributed by atoms with Crippen LogP contribution in [0.15, 0.2) is 24.3 Å². The zero-order valence-corrected chi connectivity index (χ0v) is 18.0. The summed E-state index contributed by atoms with van der Waals surface area (Å²) in [6.45, 7) is 1.78. The smallest absolute Gasteiger partial charge is 0.249 e. The number of nitrogens with zero attached hydrogens (tertiary/aromatic N) is 1. The van der Waals surface area contributed by atoms with Gasteiger partial charge in [0.05, 0.1) is 0 Å².